The van der Waals surface area contributed by atoms with Gasteiger partial charge in [0.05, 0.1) is 15.5 Å². The van der Waals surface area contributed by atoms with Crippen LogP contribution >= 0.6 is 11.6 Å². The van der Waals surface area contributed by atoms with E-state index in [0.29, 0.717) is 6.07 Å². The van der Waals surface area contributed by atoms with Gasteiger partial charge >= 0.3 is 6.18 Å². The van der Waals surface area contributed by atoms with Crippen LogP contribution in [-0.2, 0) is 21.0 Å². The fraction of sp³-hybridized carbons (Fsp3) is 0.188. The molecule has 0 atom stereocenters. The molecule has 146 valence electrons. The number of rotatable bonds is 6. The highest BCUT2D eigenvalue weighted by Gasteiger charge is 2.34. The van der Waals surface area contributed by atoms with Crippen molar-refractivity contribution >= 4 is 33.2 Å². The molecule has 0 fully saturated rings. The maximum atomic E-state index is 13.0. The highest BCUT2D eigenvalue weighted by atomic mass is 35.5. The molecule has 0 aliphatic heterocycles. The minimum atomic E-state index is -4.81. The molecule has 2 aromatic carbocycles. The molecule has 11 heteroatoms. The summed E-state index contributed by atoms with van der Waals surface area (Å²) in [4.78, 5) is 11.1. The van der Waals surface area contributed by atoms with Crippen molar-refractivity contribution in [2.45, 2.75) is 17.5 Å². The van der Waals surface area contributed by atoms with Crippen LogP contribution in [0.3, 0.4) is 0 Å². The van der Waals surface area contributed by atoms with Crippen molar-refractivity contribution in [2.24, 2.45) is 0 Å². The number of anilines is 1. The summed E-state index contributed by atoms with van der Waals surface area (Å²) in [5, 5.41) is 1.74. The van der Waals surface area contributed by atoms with Crippen molar-refractivity contribution in [1.29, 1.82) is 0 Å². The first-order valence-electron chi connectivity index (χ1n) is 7.41. The number of sulfonamides is 1. The molecule has 1 amide bonds. The zero-order valence-corrected chi connectivity index (χ0v) is 15.1. The van der Waals surface area contributed by atoms with Gasteiger partial charge in [0.25, 0.3) is 0 Å². The van der Waals surface area contributed by atoms with Crippen LogP contribution in [0.5, 0.6) is 0 Å². The van der Waals surface area contributed by atoms with E-state index < -0.39 is 43.4 Å². The van der Waals surface area contributed by atoms with Crippen LogP contribution in [0.4, 0.5) is 23.2 Å². The summed E-state index contributed by atoms with van der Waals surface area (Å²) >= 11 is 5.45. The molecule has 0 spiro atoms. The van der Waals surface area contributed by atoms with E-state index in [-0.39, 0.29) is 18.7 Å². The zero-order chi connectivity index (χ0) is 20.2. The van der Waals surface area contributed by atoms with Gasteiger partial charge < -0.3 is 5.32 Å². The molecule has 27 heavy (non-hydrogen) atoms. The molecule has 0 bridgehead atoms. The largest absolute Gasteiger partial charge is 0.417 e. The van der Waals surface area contributed by atoms with E-state index in [2.05, 4.69) is 5.32 Å². The van der Waals surface area contributed by atoms with Gasteiger partial charge in [-0.25, -0.2) is 17.5 Å². The van der Waals surface area contributed by atoms with Crippen LogP contribution in [-0.4, -0.2) is 20.9 Å². The molecular weight excluding hydrogens is 412 g/mol. The monoisotopic (exact) mass is 424 g/mol. The van der Waals surface area contributed by atoms with Gasteiger partial charge in [0.15, 0.2) is 0 Å². The van der Waals surface area contributed by atoms with Gasteiger partial charge in [-0.2, -0.15) is 13.2 Å². The van der Waals surface area contributed by atoms with Crippen molar-refractivity contribution < 1.29 is 30.8 Å². The third kappa shape index (κ3) is 5.91. The van der Waals surface area contributed by atoms with Gasteiger partial charge in [-0.1, -0.05) is 17.7 Å². The first kappa shape index (κ1) is 21.1. The quantitative estimate of drug-likeness (QED) is 0.692. The van der Waals surface area contributed by atoms with E-state index in [1.807, 2.05) is 4.72 Å². The van der Waals surface area contributed by atoms with Crippen molar-refractivity contribution in [3.8, 4) is 0 Å². The number of amides is 1. The molecule has 2 rings (SSSR count). The van der Waals surface area contributed by atoms with E-state index in [4.69, 9.17) is 11.6 Å². The average molecular weight is 425 g/mol. The topological polar surface area (TPSA) is 75.3 Å². The predicted molar refractivity (Wildman–Crippen MR) is 91.3 cm³/mol. The van der Waals surface area contributed by atoms with Crippen LogP contribution in [0.1, 0.15) is 12.0 Å². The summed E-state index contributed by atoms with van der Waals surface area (Å²) in [5.41, 5.74) is -1.09. The SMILES string of the molecule is O=C(CCNS(=O)(=O)c1ccc(Cl)c(C(F)(F)F)c1)Nc1cccc(F)c1. The van der Waals surface area contributed by atoms with E-state index in [1.54, 1.807) is 0 Å². The highest BCUT2D eigenvalue weighted by Crippen LogP contribution is 2.35. The number of halogens is 5. The first-order chi connectivity index (χ1) is 12.5. The average Bonchev–Trinajstić information content (AvgIpc) is 2.53. The maximum absolute atomic E-state index is 13.0. The summed E-state index contributed by atoms with van der Waals surface area (Å²) < 4.78 is 77.8. The fourth-order valence-electron chi connectivity index (χ4n) is 2.06. The normalized spacial score (nSPS) is 12.0. The Labute approximate surface area is 157 Å². The number of nitrogens with one attached hydrogen (secondary N) is 2. The number of hydrogen-bond donors (Lipinski definition) is 2. The van der Waals surface area contributed by atoms with Crippen molar-refractivity contribution in [3.05, 3.63) is 58.9 Å². The Morgan fingerprint density at radius 1 is 1.11 bits per heavy atom. The summed E-state index contributed by atoms with van der Waals surface area (Å²) in [6.45, 7) is -0.368. The molecule has 0 unspecified atom stereocenters. The third-order valence-electron chi connectivity index (χ3n) is 3.31. The highest BCUT2D eigenvalue weighted by molar-refractivity contribution is 7.89. The second kappa shape index (κ2) is 8.24. The second-order valence-electron chi connectivity index (χ2n) is 5.35. The molecule has 0 saturated heterocycles. The van der Waals surface area contributed by atoms with E-state index in [9.17, 15) is 30.8 Å². The standard InChI is InChI=1S/C16H13ClF4N2O3S/c17-14-5-4-12(9-13(14)16(19,20)21)27(25,26)22-7-6-15(24)23-11-3-1-2-10(18)8-11/h1-5,8-9,22H,6-7H2,(H,23,24). The molecule has 0 radical (unpaired) electrons. The Morgan fingerprint density at radius 3 is 2.44 bits per heavy atom. The molecule has 0 aromatic heterocycles. The molecule has 2 aromatic rings. The summed E-state index contributed by atoms with van der Waals surface area (Å²) in [6, 6.07) is 7.25. The maximum Gasteiger partial charge on any atom is 0.417 e. The molecule has 0 aliphatic carbocycles. The summed E-state index contributed by atoms with van der Waals surface area (Å²) in [5.74, 6) is -1.16. The Balaban J connectivity index is 2.00. The first-order valence-corrected chi connectivity index (χ1v) is 9.27. The lowest BCUT2D eigenvalue weighted by Crippen LogP contribution is -2.28. The minimum absolute atomic E-state index is 0.190. The van der Waals surface area contributed by atoms with Crippen LogP contribution in [0.2, 0.25) is 5.02 Å². The number of benzene rings is 2. The van der Waals surface area contributed by atoms with Crippen LogP contribution in [0, 0.1) is 5.82 Å². The fourth-order valence-corrected chi connectivity index (χ4v) is 3.34. The molecule has 5 nitrogen and oxygen atoms in total. The van der Waals surface area contributed by atoms with Gasteiger partial charge in [0.1, 0.15) is 5.82 Å². The molecule has 0 aliphatic rings. The predicted octanol–water partition coefficient (Wildman–Crippen LogP) is 3.81. The molecule has 0 heterocycles. The van der Waals surface area contributed by atoms with Crippen molar-refractivity contribution in [2.75, 3.05) is 11.9 Å². The van der Waals surface area contributed by atoms with Crippen molar-refractivity contribution in [3.63, 3.8) is 0 Å². The van der Waals surface area contributed by atoms with E-state index in [1.165, 1.54) is 18.2 Å². The molecule has 0 saturated carbocycles. The Morgan fingerprint density at radius 2 is 1.81 bits per heavy atom. The summed E-state index contributed by atoms with van der Waals surface area (Å²) in [7, 11) is -4.28. The van der Waals surface area contributed by atoms with Gasteiger partial charge in [-0.15, -0.1) is 0 Å². The zero-order valence-electron chi connectivity index (χ0n) is 13.5. The van der Waals surface area contributed by atoms with Gasteiger partial charge in [-0.05, 0) is 36.4 Å². The van der Waals surface area contributed by atoms with Crippen molar-refractivity contribution in [1.82, 2.24) is 4.72 Å². The van der Waals surface area contributed by atoms with E-state index >= 15 is 0 Å². The lowest BCUT2D eigenvalue weighted by atomic mass is 10.2. The second-order valence-corrected chi connectivity index (χ2v) is 7.52. The Bertz CT molecular complexity index is 949. The number of carbonyl (C=O) groups excluding carboxylic acids is 1. The Hall–Kier alpha value is -2.17. The third-order valence-corrected chi connectivity index (χ3v) is 5.09. The summed E-state index contributed by atoms with van der Waals surface area (Å²) in [6.07, 6.45) is -5.12. The lowest BCUT2D eigenvalue weighted by molar-refractivity contribution is -0.137. The lowest BCUT2D eigenvalue weighted by Gasteiger charge is -2.12. The smallest absolute Gasteiger partial charge is 0.326 e. The molecular formula is C16H13ClF4N2O3S. The van der Waals surface area contributed by atoms with E-state index in [0.717, 1.165) is 18.2 Å². The minimum Gasteiger partial charge on any atom is -0.326 e. The number of hydrogen-bond acceptors (Lipinski definition) is 3. The number of alkyl halides is 3. The van der Waals surface area contributed by atoms with Crippen LogP contribution < -0.4 is 10.0 Å². The molecule has 2 N–H and O–H groups in total. The van der Waals surface area contributed by atoms with Gasteiger partial charge in [0, 0.05) is 18.7 Å². The number of carbonyl (C=O) groups is 1. The van der Waals surface area contributed by atoms with Gasteiger partial charge in [0.2, 0.25) is 15.9 Å². The Kier molecular flexibility index (Phi) is 6.45. The van der Waals surface area contributed by atoms with Gasteiger partial charge in [-0.3, -0.25) is 4.79 Å². The van der Waals surface area contributed by atoms with Crippen LogP contribution in [0.15, 0.2) is 47.4 Å². The van der Waals surface area contributed by atoms with Crippen LogP contribution in [0.25, 0.3) is 0 Å².